The lowest BCUT2D eigenvalue weighted by Gasteiger charge is -1.99. The predicted molar refractivity (Wildman–Crippen MR) is 66.3 cm³/mol. The minimum Gasteiger partial charge on any atom is -0.446 e. The first-order chi connectivity index (χ1) is 7.56. The first-order valence-electron chi connectivity index (χ1n) is 4.32. The van der Waals surface area contributed by atoms with Crippen LogP contribution in [0.25, 0.3) is 0 Å². The summed E-state index contributed by atoms with van der Waals surface area (Å²) in [6, 6.07) is 7.90. The van der Waals surface area contributed by atoms with Crippen LogP contribution in [0.2, 0.25) is 10.0 Å². The number of furan rings is 1. The van der Waals surface area contributed by atoms with Crippen molar-refractivity contribution in [2.75, 3.05) is 0 Å². The molecule has 0 unspecified atom stereocenters. The fraction of sp³-hybridized carbons (Fsp3) is 0. The van der Waals surface area contributed by atoms with Crippen LogP contribution in [0.3, 0.4) is 0 Å². The SMILES string of the molecule is O=C(c1cc(Cl)cc(Cl)c1)c1ccc(Br)o1. The average Bonchev–Trinajstić information content (AvgIpc) is 2.62. The van der Waals surface area contributed by atoms with Gasteiger partial charge in [0.1, 0.15) is 0 Å². The molecule has 0 aliphatic rings. The Bertz CT molecular complexity index is 528. The zero-order chi connectivity index (χ0) is 11.7. The normalized spacial score (nSPS) is 10.4. The van der Waals surface area contributed by atoms with Crippen LogP contribution in [-0.4, -0.2) is 5.78 Å². The molecule has 0 saturated carbocycles. The fourth-order valence-corrected chi connectivity index (χ4v) is 2.10. The van der Waals surface area contributed by atoms with E-state index >= 15 is 0 Å². The Balaban J connectivity index is 2.41. The molecule has 0 saturated heterocycles. The molecule has 2 rings (SSSR count). The van der Waals surface area contributed by atoms with Crippen molar-refractivity contribution in [2.24, 2.45) is 0 Å². The van der Waals surface area contributed by atoms with E-state index in [0.717, 1.165) is 0 Å². The second-order valence-corrected chi connectivity index (χ2v) is 4.75. The number of benzene rings is 1. The largest absolute Gasteiger partial charge is 0.446 e. The van der Waals surface area contributed by atoms with Crippen molar-refractivity contribution in [3.05, 3.63) is 56.4 Å². The molecule has 2 aromatic rings. The third-order valence-corrected chi connectivity index (χ3v) is 2.78. The summed E-state index contributed by atoms with van der Waals surface area (Å²) < 4.78 is 5.66. The zero-order valence-corrected chi connectivity index (χ0v) is 10.9. The molecule has 0 radical (unpaired) electrons. The number of carbonyl (C=O) groups is 1. The van der Waals surface area contributed by atoms with Crippen LogP contribution in [0, 0.1) is 0 Å². The highest BCUT2D eigenvalue weighted by Crippen LogP contribution is 2.23. The lowest BCUT2D eigenvalue weighted by atomic mass is 10.1. The summed E-state index contributed by atoms with van der Waals surface area (Å²) in [6.45, 7) is 0. The molecule has 1 aromatic carbocycles. The van der Waals surface area contributed by atoms with E-state index in [4.69, 9.17) is 27.6 Å². The number of hydrogen-bond donors (Lipinski definition) is 0. The summed E-state index contributed by atoms with van der Waals surface area (Å²) in [4.78, 5) is 11.9. The van der Waals surface area contributed by atoms with Gasteiger partial charge in [-0.05, 0) is 46.3 Å². The number of ketones is 1. The first-order valence-corrected chi connectivity index (χ1v) is 5.87. The van der Waals surface area contributed by atoms with Gasteiger partial charge in [0.05, 0.1) is 0 Å². The van der Waals surface area contributed by atoms with Crippen LogP contribution in [0.1, 0.15) is 16.1 Å². The number of rotatable bonds is 2. The summed E-state index contributed by atoms with van der Waals surface area (Å²) in [5.41, 5.74) is 0.402. The zero-order valence-electron chi connectivity index (χ0n) is 7.84. The third kappa shape index (κ3) is 2.48. The summed E-state index contributed by atoms with van der Waals surface area (Å²) in [5.74, 6) is -0.0136. The summed E-state index contributed by atoms with van der Waals surface area (Å²) in [5, 5.41) is 0.836. The van der Waals surface area contributed by atoms with Gasteiger partial charge in [0.2, 0.25) is 5.78 Å². The van der Waals surface area contributed by atoms with E-state index < -0.39 is 0 Å². The maximum Gasteiger partial charge on any atom is 0.228 e. The molecule has 5 heteroatoms. The van der Waals surface area contributed by atoms with Gasteiger partial charge in [-0.3, -0.25) is 4.79 Å². The van der Waals surface area contributed by atoms with E-state index in [0.29, 0.717) is 20.3 Å². The van der Waals surface area contributed by atoms with Crippen LogP contribution in [0.4, 0.5) is 0 Å². The molecular weight excluding hydrogens is 315 g/mol. The lowest BCUT2D eigenvalue weighted by molar-refractivity contribution is 0.101. The van der Waals surface area contributed by atoms with Gasteiger partial charge in [-0.1, -0.05) is 23.2 Å². The van der Waals surface area contributed by atoms with Gasteiger partial charge in [0.25, 0.3) is 0 Å². The summed E-state index contributed by atoms with van der Waals surface area (Å²) in [6.07, 6.45) is 0. The minimum atomic E-state index is -0.255. The fourth-order valence-electron chi connectivity index (χ4n) is 1.26. The first kappa shape index (κ1) is 11.7. The summed E-state index contributed by atoms with van der Waals surface area (Å²) in [7, 11) is 0. The lowest BCUT2D eigenvalue weighted by Crippen LogP contribution is -1.99. The van der Waals surface area contributed by atoms with Gasteiger partial charge in [0.15, 0.2) is 10.4 Å². The molecule has 0 atom stereocenters. The van der Waals surface area contributed by atoms with Crippen LogP contribution in [0.15, 0.2) is 39.4 Å². The quantitative estimate of drug-likeness (QED) is 0.758. The third-order valence-electron chi connectivity index (χ3n) is 1.92. The van der Waals surface area contributed by atoms with Crippen molar-refractivity contribution >= 4 is 44.9 Å². The molecule has 1 aromatic heterocycles. The standard InChI is InChI=1S/C11H5BrCl2O2/c12-10-2-1-9(16-10)11(15)6-3-7(13)5-8(14)4-6/h1-5H. The van der Waals surface area contributed by atoms with Gasteiger partial charge in [-0.25, -0.2) is 0 Å². The maximum atomic E-state index is 11.9. The molecule has 0 amide bonds. The van der Waals surface area contributed by atoms with Crippen molar-refractivity contribution in [1.29, 1.82) is 0 Å². The molecule has 1 heterocycles. The van der Waals surface area contributed by atoms with Crippen molar-refractivity contribution in [1.82, 2.24) is 0 Å². The van der Waals surface area contributed by atoms with Crippen molar-refractivity contribution in [3.8, 4) is 0 Å². The Hall–Kier alpha value is -0.770. The molecule has 0 spiro atoms. The second-order valence-electron chi connectivity index (χ2n) is 3.09. The Morgan fingerprint density at radius 1 is 1.12 bits per heavy atom. The molecular formula is C11H5BrCl2O2. The van der Waals surface area contributed by atoms with E-state index in [9.17, 15) is 4.79 Å². The molecule has 0 N–H and O–H groups in total. The van der Waals surface area contributed by atoms with Crippen molar-refractivity contribution in [2.45, 2.75) is 0 Å². The Kier molecular flexibility index (Phi) is 3.38. The van der Waals surface area contributed by atoms with Gasteiger partial charge in [-0.15, -0.1) is 0 Å². The number of halogens is 3. The van der Waals surface area contributed by atoms with Crippen molar-refractivity contribution in [3.63, 3.8) is 0 Å². The van der Waals surface area contributed by atoms with Gasteiger partial charge in [-0.2, -0.15) is 0 Å². The van der Waals surface area contributed by atoms with E-state index in [-0.39, 0.29) is 11.5 Å². The Morgan fingerprint density at radius 3 is 2.25 bits per heavy atom. The van der Waals surface area contributed by atoms with Crippen LogP contribution in [-0.2, 0) is 0 Å². The average molecular weight is 320 g/mol. The van der Waals surface area contributed by atoms with Crippen LogP contribution < -0.4 is 0 Å². The highest BCUT2D eigenvalue weighted by atomic mass is 79.9. The Labute approximate surface area is 110 Å². The number of carbonyl (C=O) groups excluding carboxylic acids is 1. The molecule has 0 fully saturated rings. The highest BCUT2D eigenvalue weighted by molar-refractivity contribution is 9.10. The molecule has 0 bridgehead atoms. The van der Waals surface area contributed by atoms with E-state index in [2.05, 4.69) is 15.9 Å². The predicted octanol–water partition coefficient (Wildman–Crippen LogP) is 4.58. The smallest absolute Gasteiger partial charge is 0.228 e. The van der Waals surface area contributed by atoms with E-state index in [1.807, 2.05) is 0 Å². The monoisotopic (exact) mass is 318 g/mol. The van der Waals surface area contributed by atoms with Gasteiger partial charge >= 0.3 is 0 Å². The molecule has 0 aliphatic carbocycles. The molecule has 2 nitrogen and oxygen atoms in total. The second kappa shape index (κ2) is 4.62. The Morgan fingerprint density at radius 2 is 1.75 bits per heavy atom. The van der Waals surface area contributed by atoms with Crippen LogP contribution >= 0.6 is 39.1 Å². The molecule has 16 heavy (non-hydrogen) atoms. The topological polar surface area (TPSA) is 30.2 Å². The summed E-state index contributed by atoms with van der Waals surface area (Å²) >= 11 is 14.8. The van der Waals surface area contributed by atoms with Crippen molar-refractivity contribution < 1.29 is 9.21 Å². The van der Waals surface area contributed by atoms with Gasteiger partial charge < -0.3 is 4.42 Å². The maximum absolute atomic E-state index is 11.9. The van der Waals surface area contributed by atoms with E-state index in [1.165, 1.54) is 0 Å². The highest BCUT2D eigenvalue weighted by Gasteiger charge is 2.14. The van der Waals surface area contributed by atoms with Gasteiger partial charge in [0, 0.05) is 15.6 Å². The van der Waals surface area contributed by atoms with Crippen LogP contribution in [0.5, 0.6) is 0 Å². The molecule has 82 valence electrons. The van der Waals surface area contributed by atoms with E-state index in [1.54, 1.807) is 30.3 Å². The molecule has 0 aliphatic heterocycles. The number of hydrogen-bond acceptors (Lipinski definition) is 2. The minimum absolute atomic E-state index is 0.241.